The highest BCUT2D eigenvalue weighted by Crippen LogP contribution is 2.03. The molecule has 0 spiro atoms. The van der Waals surface area contributed by atoms with Crippen LogP contribution in [0, 0.1) is 0 Å². The molecular weight excluding hydrogens is 300 g/mol. The first kappa shape index (κ1) is 18.5. The van der Waals surface area contributed by atoms with Gasteiger partial charge in [0.1, 0.15) is 18.7 Å². The highest BCUT2D eigenvalue weighted by molar-refractivity contribution is 5.89. The van der Waals surface area contributed by atoms with Gasteiger partial charge in [-0.3, -0.25) is 9.59 Å². The fourth-order valence-corrected chi connectivity index (χ4v) is 1.84. The minimum atomic E-state index is -1.14. The van der Waals surface area contributed by atoms with E-state index in [1.165, 1.54) is 6.92 Å². The molecule has 0 aliphatic rings. The molecule has 1 aromatic carbocycles. The first-order valence-corrected chi connectivity index (χ1v) is 7.44. The van der Waals surface area contributed by atoms with Gasteiger partial charge in [0, 0.05) is 0 Å². The van der Waals surface area contributed by atoms with Crippen molar-refractivity contribution in [3.05, 3.63) is 35.9 Å². The highest BCUT2D eigenvalue weighted by Gasteiger charge is 2.23. The van der Waals surface area contributed by atoms with Crippen molar-refractivity contribution in [1.29, 1.82) is 0 Å². The Hall–Kier alpha value is -2.57. The topological polar surface area (TPSA) is 105 Å². The van der Waals surface area contributed by atoms with Crippen LogP contribution in [0.1, 0.15) is 32.3 Å². The second-order valence-corrected chi connectivity index (χ2v) is 5.12. The number of alkyl carbamates (subject to hydrolysis) is 1. The highest BCUT2D eigenvalue weighted by atomic mass is 16.5. The first-order valence-electron chi connectivity index (χ1n) is 7.44. The molecular formula is C16H22N2O5. The van der Waals surface area contributed by atoms with E-state index in [9.17, 15) is 14.4 Å². The van der Waals surface area contributed by atoms with Gasteiger partial charge in [-0.2, -0.15) is 0 Å². The van der Waals surface area contributed by atoms with Gasteiger partial charge in [0.2, 0.25) is 5.91 Å². The van der Waals surface area contributed by atoms with Crippen molar-refractivity contribution in [2.75, 3.05) is 0 Å². The SMILES string of the molecule is CCCC(NC(=O)OCc1ccccc1)C(=O)NC(C)C(=O)O. The number of carbonyl (C=O) groups excluding carboxylic acids is 2. The number of carboxylic acid groups (broad SMARTS) is 1. The lowest BCUT2D eigenvalue weighted by Crippen LogP contribution is -2.50. The van der Waals surface area contributed by atoms with Gasteiger partial charge >= 0.3 is 12.1 Å². The van der Waals surface area contributed by atoms with E-state index in [1.807, 2.05) is 37.3 Å². The number of carbonyl (C=O) groups is 3. The minimum absolute atomic E-state index is 0.0959. The molecule has 7 heteroatoms. The molecule has 0 fully saturated rings. The number of nitrogens with one attached hydrogen (secondary N) is 2. The maximum atomic E-state index is 12.0. The standard InChI is InChI=1S/C16H22N2O5/c1-3-7-13(14(19)17-11(2)15(20)21)18-16(22)23-10-12-8-5-4-6-9-12/h4-6,8-9,11,13H,3,7,10H2,1-2H3,(H,17,19)(H,18,22)(H,20,21). The third kappa shape index (κ3) is 6.82. The molecule has 7 nitrogen and oxygen atoms in total. The van der Waals surface area contributed by atoms with Crippen molar-refractivity contribution in [2.24, 2.45) is 0 Å². The average molecular weight is 322 g/mol. The van der Waals surface area contributed by atoms with E-state index < -0.39 is 30.1 Å². The Morgan fingerprint density at radius 2 is 1.83 bits per heavy atom. The van der Waals surface area contributed by atoms with Gasteiger partial charge in [-0.25, -0.2) is 4.79 Å². The van der Waals surface area contributed by atoms with Crippen LogP contribution >= 0.6 is 0 Å². The Morgan fingerprint density at radius 3 is 2.39 bits per heavy atom. The maximum absolute atomic E-state index is 12.0. The van der Waals surface area contributed by atoms with Crippen molar-refractivity contribution in [2.45, 2.75) is 45.4 Å². The number of amides is 2. The van der Waals surface area contributed by atoms with Crippen LogP contribution < -0.4 is 10.6 Å². The largest absolute Gasteiger partial charge is 0.480 e. The van der Waals surface area contributed by atoms with E-state index in [1.54, 1.807) is 0 Å². The molecule has 126 valence electrons. The molecule has 0 saturated heterocycles. The Balaban J connectivity index is 2.52. The third-order valence-corrected chi connectivity index (χ3v) is 3.13. The zero-order valence-corrected chi connectivity index (χ0v) is 13.2. The number of hydrogen-bond acceptors (Lipinski definition) is 4. The predicted octanol–water partition coefficient (Wildman–Crippen LogP) is 1.67. The van der Waals surface area contributed by atoms with Crippen LogP contribution in [0.15, 0.2) is 30.3 Å². The summed E-state index contributed by atoms with van der Waals surface area (Å²) in [7, 11) is 0. The van der Waals surface area contributed by atoms with E-state index in [-0.39, 0.29) is 6.61 Å². The Labute approximate surface area is 135 Å². The zero-order chi connectivity index (χ0) is 17.2. The van der Waals surface area contributed by atoms with Gasteiger partial charge in [-0.1, -0.05) is 43.7 Å². The fourth-order valence-electron chi connectivity index (χ4n) is 1.84. The summed E-state index contributed by atoms with van der Waals surface area (Å²) in [6, 6.07) is 7.30. The summed E-state index contributed by atoms with van der Waals surface area (Å²) in [5.74, 6) is -1.68. The van der Waals surface area contributed by atoms with Crippen LogP contribution in [-0.2, 0) is 20.9 Å². The summed E-state index contributed by atoms with van der Waals surface area (Å²) in [6.45, 7) is 3.31. The Kier molecular flexibility index (Phi) is 7.59. The molecule has 2 unspecified atom stereocenters. The lowest BCUT2D eigenvalue weighted by molar-refractivity contribution is -0.141. The number of aliphatic carboxylic acids is 1. The normalized spacial score (nSPS) is 12.8. The monoisotopic (exact) mass is 322 g/mol. The molecule has 0 aliphatic heterocycles. The van der Waals surface area contributed by atoms with E-state index in [0.29, 0.717) is 12.8 Å². The summed E-state index contributed by atoms with van der Waals surface area (Å²) < 4.78 is 5.06. The Morgan fingerprint density at radius 1 is 1.17 bits per heavy atom. The second kappa shape index (κ2) is 9.45. The van der Waals surface area contributed by atoms with Crippen LogP contribution in [0.4, 0.5) is 4.79 Å². The van der Waals surface area contributed by atoms with Crippen LogP contribution in [-0.4, -0.2) is 35.2 Å². The summed E-state index contributed by atoms with van der Waals surface area (Å²) in [5.41, 5.74) is 0.832. The molecule has 1 rings (SSSR count). The molecule has 0 aliphatic carbocycles. The summed E-state index contributed by atoms with van der Waals surface area (Å²) in [5, 5.41) is 13.6. The van der Waals surface area contributed by atoms with Gasteiger partial charge < -0.3 is 20.5 Å². The van der Waals surface area contributed by atoms with Crippen LogP contribution in [0.5, 0.6) is 0 Å². The van der Waals surface area contributed by atoms with E-state index in [2.05, 4.69) is 10.6 Å². The minimum Gasteiger partial charge on any atom is -0.480 e. The molecule has 2 amide bonds. The zero-order valence-electron chi connectivity index (χ0n) is 13.2. The van der Waals surface area contributed by atoms with Gasteiger partial charge in [0.25, 0.3) is 0 Å². The lowest BCUT2D eigenvalue weighted by atomic mass is 10.1. The molecule has 0 heterocycles. The molecule has 0 aromatic heterocycles. The van der Waals surface area contributed by atoms with E-state index >= 15 is 0 Å². The lowest BCUT2D eigenvalue weighted by Gasteiger charge is -2.19. The van der Waals surface area contributed by atoms with Crippen molar-refractivity contribution >= 4 is 18.0 Å². The summed E-state index contributed by atoms with van der Waals surface area (Å²) in [6.07, 6.45) is 0.322. The molecule has 0 bridgehead atoms. The molecule has 0 saturated carbocycles. The van der Waals surface area contributed by atoms with Gasteiger partial charge in [-0.05, 0) is 18.9 Å². The van der Waals surface area contributed by atoms with E-state index in [4.69, 9.17) is 9.84 Å². The molecule has 3 N–H and O–H groups in total. The Bertz CT molecular complexity index is 533. The summed E-state index contributed by atoms with van der Waals surface area (Å²) >= 11 is 0. The van der Waals surface area contributed by atoms with Gasteiger partial charge in [-0.15, -0.1) is 0 Å². The van der Waals surface area contributed by atoms with Crippen molar-refractivity contribution in [3.8, 4) is 0 Å². The average Bonchev–Trinajstić information content (AvgIpc) is 2.53. The van der Waals surface area contributed by atoms with Crippen LogP contribution in [0.2, 0.25) is 0 Å². The number of ether oxygens (including phenoxy) is 1. The maximum Gasteiger partial charge on any atom is 0.408 e. The third-order valence-electron chi connectivity index (χ3n) is 3.13. The van der Waals surface area contributed by atoms with Gasteiger partial charge in [0.15, 0.2) is 0 Å². The number of rotatable bonds is 8. The predicted molar refractivity (Wildman–Crippen MR) is 83.7 cm³/mol. The van der Waals surface area contributed by atoms with Crippen molar-refractivity contribution in [1.82, 2.24) is 10.6 Å². The molecule has 2 atom stereocenters. The van der Waals surface area contributed by atoms with Crippen LogP contribution in [0.3, 0.4) is 0 Å². The summed E-state index contributed by atoms with van der Waals surface area (Å²) in [4.78, 5) is 34.6. The van der Waals surface area contributed by atoms with Crippen LogP contribution in [0.25, 0.3) is 0 Å². The fraction of sp³-hybridized carbons (Fsp3) is 0.438. The van der Waals surface area contributed by atoms with Gasteiger partial charge in [0.05, 0.1) is 0 Å². The van der Waals surface area contributed by atoms with Crippen molar-refractivity contribution in [3.63, 3.8) is 0 Å². The first-order chi connectivity index (χ1) is 10.9. The smallest absolute Gasteiger partial charge is 0.408 e. The molecule has 1 aromatic rings. The van der Waals surface area contributed by atoms with Crippen molar-refractivity contribution < 1.29 is 24.2 Å². The van der Waals surface area contributed by atoms with E-state index in [0.717, 1.165) is 5.56 Å². The number of carboxylic acids is 1. The number of hydrogen-bond donors (Lipinski definition) is 3. The molecule has 23 heavy (non-hydrogen) atoms. The number of benzene rings is 1. The molecule has 0 radical (unpaired) electrons. The quantitative estimate of drug-likeness (QED) is 0.675. The second-order valence-electron chi connectivity index (χ2n) is 5.12.